The molecule has 0 aliphatic rings. The molecule has 1 atom stereocenters. The third-order valence-electron chi connectivity index (χ3n) is 5.20. The molecular weight excluding hydrogens is 458 g/mol. The number of benzene rings is 2. The number of hydrogen-bond donors (Lipinski definition) is 3. The molecule has 10 heteroatoms. The molecule has 2 rings (SSSR count). The van der Waals surface area contributed by atoms with Crippen molar-refractivity contribution < 1.29 is 27.5 Å². The summed E-state index contributed by atoms with van der Waals surface area (Å²) in [6, 6.07) is 9.12. The lowest BCUT2D eigenvalue weighted by atomic mass is 10.0. The second-order valence-electron chi connectivity index (χ2n) is 8.25. The minimum atomic E-state index is -3.71. The topological polar surface area (TPSA) is 123 Å². The number of carbonyl (C=O) groups is 2. The Bertz CT molecular complexity index is 1110. The van der Waals surface area contributed by atoms with Gasteiger partial charge in [0.2, 0.25) is 15.9 Å². The molecule has 0 aliphatic carbocycles. The van der Waals surface area contributed by atoms with E-state index in [-0.39, 0.29) is 29.5 Å². The third kappa shape index (κ3) is 7.19. The summed E-state index contributed by atoms with van der Waals surface area (Å²) >= 11 is 0. The second kappa shape index (κ2) is 11.8. The smallest absolute Gasteiger partial charge is 0.252 e. The molecule has 34 heavy (non-hydrogen) atoms. The van der Waals surface area contributed by atoms with Crippen LogP contribution in [0.25, 0.3) is 0 Å². The Balaban J connectivity index is 1.99. The maximum Gasteiger partial charge on any atom is 0.252 e. The van der Waals surface area contributed by atoms with Gasteiger partial charge < -0.3 is 20.1 Å². The van der Waals surface area contributed by atoms with Crippen LogP contribution in [0.3, 0.4) is 0 Å². The van der Waals surface area contributed by atoms with E-state index < -0.39 is 27.9 Å². The van der Waals surface area contributed by atoms with Crippen molar-refractivity contribution in [2.24, 2.45) is 5.92 Å². The highest BCUT2D eigenvalue weighted by Gasteiger charge is 2.25. The van der Waals surface area contributed by atoms with Gasteiger partial charge in [-0.1, -0.05) is 26.0 Å². The molecule has 3 N–H and O–H groups in total. The molecule has 0 saturated heterocycles. The Hall–Kier alpha value is -3.11. The van der Waals surface area contributed by atoms with Gasteiger partial charge in [-0.05, 0) is 49.1 Å². The lowest BCUT2D eigenvalue weighted by molar-refractivity contribution is -0.123. The van der Waals surface area contributed by atoms with Gasteiger partial charge in [-0.15, -0.1) is 0 Å². The fourth-order valence-electron chi connectivity index (χ4n) is 3.25. The normalized spacial score (nSPS) is 12.2. The van der Waals surface area contributed by atoms with Crippen LogP contribution in [0.5, 0.6) is 11.5 Å². The number of nitrogens with one attached hydrogen (secondary N) is 3. The summed E-state index contributed by atoms with van der Waals surface area (Å²) in [6.07, 6.45) is 0. The first kappa shape index (κ1) is 27.1. The van der Waals surface area contributed by atoms with Gasteiger partial charge in [0.25, 0.3) is 5.91 Å². The highest BCUT2D eigenvalue weighted by atomic mass is 32.2. The number of sulfonamides is 1. The molecule has 0 aromatic heterocycles. The van der Waals surface area contributed by atoms with Crippen molar-refractivity contribution in [2.75, 3.05) is 27.3 Å². The van der Waals surface area contributed by atoms with Crippen molar-refractivity contribution >= 4 is 21.8 Å². The van der Waals surface area contributed by atoms with E-state index in [2.05, 4.69) is 15.4 Å². The van der Waals surface area contributed by atoms with Crippen molar-refractivity contribution in [3.05, 3.63) is 53.1 Å². The Morgan fingerprint density at radius 3 is 2.12 bits per heavy atom. The molecule has 0 fully saturated rings. The molecule has 2 aromatic rings. The minimum Gasteiger partial charge on any atom is -0.497 e. The van der Waals surface area contributed by atoms with E-state index in [4.69, 9.17) is 9.47 Å². The zero-order valence-corrected chi connectivity index (χ0v) is 21.2. The maximum atomic E-state index is 12.8. The lowest BCUT2D eigenvalue weighted by Gasteiger charge is -2.22. The fraction of sp³-hybridized carbons (Fsp3) is 0.417. The summed E-state index contributed by atoms with van der Waals surface area (Å²) in [4.78, 5) is 25.7. The van der Waals surface area contributed by atoms with Crippen LogP contribution in [0, 0.1) is 19.8 Å². The molecule has 9 nitrogen and oxygen atoms in total. The molecule has 1 unspecified atom stereocenters. The van der Waals surface area contributed by atoms with E-state index in [1.807, 2.05) is 13.0 Å². The van der Waals surface area contributed by atoms with Crippen LogP contribution in [-0.4, -0.2) is 53.6 Å². The summed E-state index contributed by atoms with van der Waals surface area (Å²) in [7, 11) is -0.748. The van der Waals surface area contributed by atoms with Gasteiger partial charge >= 0.3 is 0 Å². The van der Waals surface area contributed by atoms with Crippen molar-refractivity contribution in [1.29, 1.82) is 0 Å². The monoisotopic (exact) mass is 491 g/mol. The number of ether oxygens (including phenoxy) is 2. The second-order valence-corrected chi connectivity index (χ2v) is 9.99. The number of carbonyl (C=O) groups excluding carboxylic acids is 2. The largest absolute Gasteiger partial charge is 0.497 e. The first-order valence-electron chi connectivity index (χ1n) is 10.9. The Morgan fingerprint density at radius 2 is 1.56 bits per heavy atom. The van der Waals surface area contributed by atoms with Gasteiger partial charge in [-0.2, -0.15) is 0 Å². The molecule has 0 heterocycles. The Kier molecular flexibility index (Phi) is 9.46. The summed E-state index contributed by atoms with van der Waals surface area (Å²) in [5, 5.41) is 5.42. The molecule has 0 spiro atoms. The number of methoxy groups -OCH3 is 2. The third-order valence-corrected chi connectivity index (χ3v) is 6.80. The minimum absolute atomic E-state index is 0.00724. The van der Waals surface area contributed by atoms with Crippen LogP contribution in [-0.2, 0) is 14.8 Å². The lowest BCUT2D eigenvalue weighted by Crippen LogP contribution is -2.50. The standard InChI is InChI=1S/C24H33N3O6S/c1-15(2)22(27-23(28)18-12-19(32-5)14-20(13-18)33-6)24(29)25-9-10-26-34(30,31)21-11-16(3)7-8-17(21)4/h7-8,11-15,22,26H,9-10H2,1-6H3,(H,25,29)(H,27,28). The van der Waals surface area contributed by atoms with Gasteiger partial charge in [0.05, 0.1) is 19.1 Å². The van der Waals surface area contributed by atoms with Gasteiger partial charge in [0.1, 0.15) is 17.5 Å². The zero-order chi connectivity index (χ0) is 25.5. The molecule has 2 amide bonds. The SMILES string of the molecule is COc1cc(OC)cc(C(=O)NC(C(=O)NCCNS(=O)(=O)c2cc(C)ccc2C)C(C)C)c1. The van der Waals surface area contributed by atoms with Crippen molar-refractivity contribution in [2.45, 2.75) is 38.6 Å². The van der Waals surface area contributed by atoms with Crippen LogP contribution in [0.2, 0.25) is 0 Å². The van der Waals surface area contributed by atoms with E-state index in [0.29, 0.717) is 17.1 Å². The van der Waals surface area contributed by atoms with Gasteiger partial charge in [0, 0.05) is 24.7 Å². The molecule has 0 aliphatic heterocycles. The summed E-state index contributed by atoms with van der Waals surface area (Å²) in [5.41, 5.74) is 1.76. The maximum absolute atomic E-state index is 12.8. The van der Waals surface area contributed by atoms with Crippen LogP contribution < -0.4 is 24.8 Å². The average Bonchev–Trinajstić information content (AvgIpc) is 2.80. The average molecular weight is 492 g/mol. The van der Waals surface area contributed by atoms with E-state index in [1.165, 1.54) is 14.2 Å². The number of aryl methyl sites for hydroxylation is 2. The number of hydrogen-bond acceptors (Lipinski definition) is 6. The quantitative estimate of drug-likeness (QED) is 0.414. The molecule has 0 saturated carbocycles. The van der Waals surface area contributed by atoms with E-state index in [9.17, 15) is 18.0 Å². The zero-order valence-electron chi connectivity index (χ0n) is 20.4. The summed E-state index contributed by atoms with van der Waals surface area (Å²) < 4.78 is 38.1. The summed E-state index contributed by atoms with van der Waals surface area (Å²) in [5.74, 6) is -0.175. The van der Waals surface area contributed by atoms with E-state index in [0.717, 1.165) is 5.56 Å². The van der Waals surface area contributed by atoms with E-state index >= 15 is 0 Å². The first-order valence-corrected chi connectivity index (χ1v) is 12.4. The predicted molar refractivity (Wildman–Crippen MR) is 130 cm³/mol. The van der Waals surface area contributed by atoms with Crippen molar-refractivity contribution in [3.8, 4) is 11.5 Å². The van der Waals surface area contributed by atoms with Crippen LogP contribution in [0.15, 0.2) is 41.3 Å². The van der Waals surface area contributed by atoms with Gasteiger partial charge in [-0.25, -0.2) is 13.1 Å². The first-order chi connectivity index (χ1) is 16.0. The molecular formula is C24H33N3O6S. The van der Waals surface area contributed by atoms with Crippen LogP contribution in [0.1, 0.15) is 35.3 Å². The molecule has 186 valence electrons. The van der Waals surface area contributed by atoms with Gasteiger partial charge in [0.15, 0.2) is 0 Å². The molecule has 0 radical (unpaired) electrons. The highest BCUT2D eigenvalue weighted by molar-refractivity contribution is 7.89. The highest BCUT2D eigenvalue weighted by Crippen LogP contribution is 2.22. The Morgan fingerprint density at radius 1 is 0.941 bits per heavy atom. The van der Waals surface area contributed by atoms with Crippen molar-refractivity contribution in [1.82, 2.24) is 15.4 Å². The van der Waals surface area contributed by atoms with E-state index in [1.54, 1.807) is 51.1 Å². The summed E-state index contributed by atoms with van der Waals surface area (Å²) in [6.45, 7) is 7.23. The predicted octanol–water partition coefficient (Wildman–Crippen LogP) is 2.17. The molecule has 2 aromatic carbocycles. The Labute approximate surface area is 201 Å². The van der Waals surface area contributed by atoms with Crippen LogP contribution >= 0.6 is 0 Å². The number of amides is 2. The number of rotatable bonds is 11. The van der Waals surface area contributed by atoms with Crippen LogP contribution in [0.4, 0.5) is 0 Å². The fourth-order valence-corrected chi connectivity index (χ4v) is 4.61. The van der Waals surface area contributed by atoms with Gasteiger partial charge in [-0.3, -0.25) is 9.59 Å². The molecule has 0 bridgehead atoms. The van der Waals surface area contributed by atoms with Crippen molar-refractivity contribution in [3.63, 3.8) is 0 Å².